The van der Waals surface area contributed by atoms with E-state index in [0.29, 0.717) is 0 Å². The van der Waals surface area contributed by atoms with Gasteiger partial charge in [-0.3, -0.25) is 0 Å². The summed E-state index contributed by atoms with van der Waals surface area (Å²) in [5, 5.41) is 9.74. The van der Waals surface area contributed by atoms with E-state index in [0.717, 1.165) is 30.7 Å². The van der Waals surface area contributed by atoms with Crippen LogP contribution in [-0.2, 0) is 6.42 Å². The van der Waals surface area contributed by atoms with Crippen molar-refractivity contribution in [2.75, 3.05) is 0 Å². The highest BCUT2D eigenvalue weighted by Crippen LogP contribution is 2.19. The summed E-state index contributed by atoms with van der Waals surface area (Å²) in [6, 6.07) is 2.01. The smallest absolute Gasteiger partial charge is 0.115 e. The molecule has 0 aliphatic heterocycles. The Hall–Kier alpha value is -0.960. The van der Waals surface area contributed by atoms with Crippen LogP contribution in [-0.4, -0.2) is 21.2 Å². The maximum atomic E-state index is 9.74. The molecule has 1 aromatic heterocycles. The van der Waals surface area contributed by atoms with Gasteiger partial charge in [-0.2, -0.15) is 0 Å². The fourth-order valence-corrected chi connectivity index (χ4v) is 1.61. The van der Waals surface area contributed by atoms with E-state index in [4.69, 9.17) is 0 Å². The fraction of sp³-hybridized carbons (Fsp3) is 0.667. The first kappa shape index (κ1) is 12.1. The third-order valence-electron chi connectivity index (χ3n) is 2.71. The van der Waals surface area contributed by atoms with Crippen molar-refractivity contribution in [2.24, 2.45) is 0 Å². The molecule has 15 heavy (non-hydrogen) atoms. The molecule has 1 heterocycles. The molecule has 0 aliphatic rings. The second-order valence-corrected chi connectivity index (χ2v) is 3.95. The van der Waals surface area contributed by atoms with Gasteiger partial charge in [-0.05, 0) is 18.9 Å². The van der Waals surface area contributed by atoms with Crippen LogP contribution in [0.3, 0.4) is 0 Å². The number of nitrogens with zero attached hydrogens (tertiary/aromatic N) is 2. The van der Waals surface area contributed by atoms with E-state index in [9.17, 15) is 5.11 Å². The van der Waals surface area contributed by atoms with Crippen LogP contribution < -0.4 is 0 Å². The molecule has 0 aromatic carbocycles. The maximum absolute atomic E-state index is 9.74. The number of rotatable bonds is 5. The zero-order chi connectivity index (χ0) is 11.3. The molecule has 0 bridgehead atoms. The number of aliphatic hydroxyl groups excluding tert-OH is 1. The summed E-state index contributed by atoms with van der Waals surface area (Å²) in [6.45, 7) is 6.12. The summed E-state index contributed by atoms with van der Waals surface area (Å²) >= 11 is 0. The molecule has 0 spiro atoms. The molecule has 0 radical (unpaired) electrons. The molecule has 2 unspecified atom stereocenters. The number of hydrogen-bond acceptors (Lipinski definition) is 3. The molecule has 0 saturated heterocycles. The lowest BCUT2D eigenvalue weighted by Gasteiger charge is -2.16. The molecule has 1 aromatic rings. The molecule has 0 amide bonds. The van der Waals surface area contributed by atoms with E-state index in [1.807, 2.05) is 19.9 Å². The highest BCUT2D eigenvalue weighted by atomic mass is 16.3. The zero-order valence-electron chi connectivity index (χ0n) is 9.77. The van der Waals surface area contributed by atoms with Gasteiger partial charge in [-0.15, -0.1) is 0 Å². The Morgan fingerprint density at radius 2 is 2.07 bits per heavy atom. The molecule has 1 rings (SSSR count). The van der Waals surface area contributed by atoms with Gasteiger partial charge in [0.25, 0.3) is 0 Å². The Labute approximate surface area is 91.6 Å². The Morgan fingerprint density at radius 3 is 2.67 bits per heavy atom. The molecular formula is C12H20N2O. The topological polar surface area (TPSA) is 46.0 Å². The van der Waals surface area contributed by atoms with Crippen molar-refractivity contribution in [1.82, 2.24) is 9.97 Å². The van der Waals surface area contributed by atoms with E-state index in [-0.39, 0.29) is 12.0 Å². The van der Waals surface area contributed by atoms with Crippen LogP contribution >= 0.6 is 0 Å². The van der Waals surface area contributed by atoms with Crippen LogP contribution in [0, 0.1) is 0 Å². The summed E-state index contributed by atoms with van der Waals surface area (Å²) in [5.41, 5.74) is 2.01. The molecule has 84 valence electrons. The van der Waals surface area contributed by atoms with Gasteiger partial charge in [-0.25, -0.2) is 9.97 Å². The van der Waals surface area contributed by atoms with Gasteiger partial charge in [0.1, 0.15) is 6.33 Å². The third-order valence-corrected chi connectivity index (χ3v) is 2.71. The fourth-order valence-electron chi connectivity index (χ4n) is 1.61. The number of aromatic nitrogens is 2. The summed E-state index contributed by atoms with van der Waals surface area (Å²) in [7, 11) is 0. The minimum Gasteiger partial charge on any atom is -0.392 e. The Bertz CT molecular complexity index is 301. The predicted octanol–water partition coefficient (Wildman–Crippen LogP) is 2.30. The zero-order valence-corrected chi connectivity index (χ0v) is 9.77. The number of aliphatic hydroxyl groups is 1. The van der Waals surface area contributed by atoms with Gasteiger partial charge in [-0.1, -0.05) is 27.2 Å². The summed E-state index contributed by atoms with van der Waals surface area (Å²) < 4.78 is 0. The van der Waals surface area contributed by atoms with Gasteiger partial charge < -0.3 is 5.11 Å². The average molecular weight is 208 g/mol. The predicted molar refractivity (Wildman–Crippen MR) is 60.7 cm³/mol. The Morgan fingerprint density at radius 1 is 1.33 bits per heavy atom. The van der Waals surface area contributed by atoms with Crippen molar-refractivity contribution < 1.29 is 5.11 Å². The van der Waals surface area contributed by atoms with Crippen molar-refractivity contribution in [3.8, 4) is 0 Å². The van der Waals surface area contributed by atoms with Crippen LogP contribution in [0.25, 0.3) is 0 Å². The number of hydrogen-bond donors (Lipinski definition) is 1. The monoisotopic (exact) mass is 208 g/mol. The number of aryl methyl sites for hydroxylation is 1. The first-order chi connectivity index (χ1) is 7.19. The summed E-state index contributed by atoms with van der Waals surface area (Å²) in [5.74, 6) is 0.0913. The summed E-state index contributed by atoms with van der Waals surface area (Å²) in [4.78, 5) is 8.42. The second kappa shape index (κ2) is 5.81. The highest BCUT2D eigenvalue weighted by Gasteiger charge is 2.15. The van der Waals surface area contributed by atoms with Gasteiger partial charge in [0.2, 0.25) is 0 Å². The van der Waals surface area contributed by atoms with Gasteiger partial charge in [0.05, 0.1) is 6.10 Å². The average Bonchev–Trinajstić information content (AvgIpc) is 2.28. The lowest BCUT2D eigenvalue weighted by Crippen LogP contribution is -2.16. The second-order valence-electron chi connectivity index (χ2n) is 3.95. The molecule has 0 aliphatic carbocycles. The Kier molecular flexibility index (Phi) is 4.69. The molecule has 3 nitrogen and oxygen atoms in total. The van der Waals surface area contributed by atoms with Gasteiger partial charge >= 0.3 is 0 Å². The standard InChI is InChI=1S/C12H20N2O/c1-4-6-10-7-11(14-8-13-10)9(3)12(15)5-2/h7-9,12,15H,4-6H2,1-3H3. The highest BCUT2D eigenvalue weighted by molar-refractivity contribution is 5.13. The van der Waals surface area contributed by atoms with Crippen molar-refractivity contribution in [2.45, 2.75) is 52.1 Å². The summed E-state index contributed by atoms with van der Waals surface area (Å²) in [6.07, 6.45) is 4.11. The minimum atomic E-state index is -0.311. The van der Waals surface area contributed by atoms with Crippen LogP contribution in [0.15, 0.2) is 12.4 Å². The normalized spacial score (nSPS) is 14.9. The van der Waals surface area contributed by atoms with Crippen LogP contribution in [0.2, 0.25) is 0 Å². The first-order valence-electron chi connectivity index (χ1n) is 5.67. The molecule has 1 N–H and O–H groups in total. The molecule has 2 atom stereocenters. The van der Waals surface area contributed by atoms with Crippen molar-refractivity contribution in [1.29, 1.82) is 0 Å². The maximum Gasteiger partial charge on any atom is 0.115 e. The quantitative estimate of drug-likeness (QED) is 0.807. The van der Waals surface area contributed by atoms with E-state index in [1.165, 1.54) is 0 Å². The van der Waals surface area contributed by atoms with E-state index < -0.39 is 0 Å². The molecule has 0 saturated carbocycles. The molecular weight excluding hydrogens is 188 g/mol. The lowest BCUT2D eigenvalue weighted by atomic mass is 9.98. The van der Waals surface area contributed by atoms with Crippen LogP contribution in [0.1, 0.15) is 50.9 Å². The van der Waals surface area contributed by atoms with E-state index in [2.05, 4.69) is 16.9 Å². The van der Waals surface area contributed by atoms with E-state index >= 15 is 0 Å². The lowest BCUT2D eigenvalue weighted by molar-refractivity contribution is 0.143. The largest absolute Gasteiger partial charge is 0.392 e. The van der Waals surface area contributed by atoms with Crippen molar-refractivity contribution in [3.63, 3.8) is 0 Å². The van der Waals surface area contributed by atoms with Crippen LogP contribution in [0.4, 0.5) is 0 Å². The SMILES string of the molecule is CCCc1cc(C(C)C(O)CC)ncn1. The van der Waals surface area contributed by atoms with Crippen LogP contribution in [0.5, 0.6) is 0 Å². The molecule has 3 heteroatoms. The van der Waals surface area contributed by atoms with Gasteiger partial charge in [0, 0.05) is 17.3 Å². The van der Waals surface area contributed by atoms with Gasteiger partial charge in [0.15, 0.2) is 0 Å². The Balaban J connectivity index is 2.80. The van der Waals surface area contributed by atoms with E-state index in [1.54, 1.807) is 6.33 Å². The molecule has 0 fully saturated rings. The third kappa shape index (κ3) is 3.27. The van der Waals surface area contributed by atoms with Crippen molar-refractivity contribution in [3.05, 3.63) is 23.8 Å². The van der Waals surface area contributed by atoms with Crippen molar-refractivity contribution >= 4 is 0 Å². The minimum absolute atomic E-state index is 0.0913. The first-order valence-corrected chi connectivity index (χ1v) is 5.67.